The maximum atomic E-state index is 12.2. The van der Waals surface area contributed by atoms with Crippen LogP contribution in [0.15, 0.2) is 30.3 Å². The maximum absolute atomic E-state index is 12.2. The molecule has 2 amide bonds. The quantitative estimate of drug-likeness (QED) is 0.862. The highest BCUT2D eigenvalue weighted by Gasteiger charge is 2.30. The minimum Gasteiger partial charge on any atom is -0.341 e. The van der Waals surface area contributed by atoms with Gasteiger partial charge in [-0.1, -0.05) is 30.3 Å². The molecule has 0 fully saturated rings. The van der Waals surface area contributed by atoms with Gasteiger partial charge in [0.1, 0.15) is 0 Å². The van der Waals surface area contributed by atoms with Crippen molar-refractivity contribution < 1.29 is 9.59 Å². The number of amides is 2. The van der Waals surface area contributed by atoms with Crippen LogP contribution in [0.2, 0.25) is 0 Å². The molecule has 1 aromatic rings. The maximum Gasteiger partial charge on any atom is 0.312 e. The van der Waals surface area contributed by atoms with E-state index in [-0.39, 0.29) is 11.6 Å². The molecule has 1 rings (SSSR count). The van der Waals surface area contributed by atoms with Crippen LogP contribution in [0.4, 0.5) is 0 Å². The molecule has 1 N–H and O–H groups in total. The summed E-state index contributed by atoms with van der Waals surface area (Å²) < 4.78 is 0. The number of carbonyl (C=O) groups is 2. The topological polar surface area (TPSA) is 49.4 Å². The summed E-state index contributed by atoms with van der Waals surface area (Å²) in [6.07, 6.45) is 0. The molecular formula is C16H24N2O2. The second kappa shape index (κ2) is 6.55. The summed E-state index contributed by atoms with van der Waals surface area (Å²) in [7, 11) is 0. The molecule has 0 saturated heterocycles. The number of nitrogens with one attached hydrogen (secondary N) is 1. The van der Waals surface area contributed by atoms with Gasteiger partial charge in [-0.05, 0) is 40.2 Å². The van der Waals surface area contributed by atoms with E-state index in [0.29, 0.717) is 6.54 Å². The van der Waals surface area contributed by atoms with Gasteiger partial charge < -0.3 is 10.2 Å². The van der Waals surface area contributed by atoms with Gasteiger partial charge in [-0.15, -0.1) is 0 Å². The van der Waals surface area contributed by atoms with Crippen molar-refractivity contribution in [2.45, 2.75) is 46.2 Å². The Bertz CT molecular complexity index is 463. The van der Waals surface area contributed by atoms with Crippen LogP contribution >= 0.6 is 0 Å². The second-order valence-corrected chi connectivity index (χ2v) is 5.83. The number of nitrogens with zero attached hydrogens (tertiary/aromatic N) is 1. The summed E-state index contributed by atoms with van der Waals surface area (Å²) in [5.74, 6) is -1.04. The molecule has 1 atom stereocenters. The summed E-state index contributed by atoms with van der Waals surface area (Å²) in [5, 5.41) is 2.75. The Balaban J connectivity index is 2.74. The van der Waals surface area contributed by atoms with Crippen molar-refractivity contribution in [3.63, 3.8) is 0 Å². The lowest BCUT2D eigenvalue weighted by atomic mass is 10.1. The zero-order valence-electron chi connectivity index (χ0n) is 12.9. The molecule has 20 heavy (non-hydrogen) atoms. The van der Waals surface area contributed by atoms with Crippen molar-refractivity contribution in [1.29, 1.82) is 0 Å². The van der Waals surface area contributed by atoms with E-state index in [2.05, 4.69) is 5.32 Å². The molecule has 0 spiro atoms. The lowest BCUT2D eigenvalue weighted by Crippen LogP contribution is -2.51. The summed E-state index contributed by atoms with van der Waals surface area (Å²) in [5.41, 5.74) is 0.617. The Kier molecular flexibility index (Phi) is 5.31. The van der Waals surface area contributed by atoms with Crippen LogP contribution < -0.4 is 5.32 Å². The van der Waals surface area contributed by atoms with Crippen LogP contribution in [0.5, 0.6) is 0 Å². The fourth-order valence-corrected chi connectivity index (χ4v) is 2.13. The van der Waals surface area contributed by atoms with Crippen LogP contribution in [0.25, 0.3) is 0 Å². The molecule has 1 aromatic carbocycles. The lowest BCUT2D eigenvalue weighted by molar-refractivity contribution is -0.149. The molecule has 0 heterocycles. The van der Waals surface area contributed by atoms with E-state index >= 15 is 0 Å². The van der Waals surface area contributed by atoms with Crippen molar-refractivity contribution in [3.8, 4) is 0 Å². The van der Waals surface area contributed by atoms with E-state index in [1.54, 1.807) is 4.90 Å². The molecule has 0 aliphatic rings. The van der Waals surface area contributed by atoms with Gasteiger partial charge in [-0.3, -0.25) is 9.59 Å². The third kappa shape index (κ3) is 4.08. The molecule has 4 heteroatoms. The number of benzene rings is 1. The van der Waals surface area contributed by atoms with Gasteiger partial charge >= 0.3 is 11.8 Å². The lowest BCUT2D eigenvalue weighted by Gasteiger charge is -2.34. The first kappa shape index (κ1) is 16.2. The van der Waals surface area contributed by atoms with Gasteiger partial charge in [-0.25, -0.2) is 0 Å². The highest BCUT2D eigenvalue weighted by Crippen LogP contribution is 2.15. The standard InChI is InChI=1S/C16H24N2O2/c1-6-18(16(3,4)5)15(20)14(19)17-12(2)13-10-8-7-9-11-13/h7-12H,6H2,1-5H3,(H,17,19). The first-order valence-electron chi connectivity index (χ1n) is 6.94. The number of hydrogen-bond acceptors (Lipinski definition) is 2. The largest absolute Gasteiger partial charge is 0.341 e. The number of likely N-dealkylation sites (N-methyl/N-ethyl adjacent to an activating group) is 1. The normalized spacial score (nSPS) is 12.7. The third-order valence-electron chi connectivity index (χ3n) is 3.21. The Morgan fingerprint density at radius 2 is 1.75 bits per heavy atom. The van der Waals surface area contributed by atoms with Gasteiger partial charge in [0.2, 0.25) is 0 Å². The van der Waals surface area contributed by atoms with Gasteiger partial charge in [0.25, 0.3) is 0 Å². The highest BCUT2D eigenvalue weighted by molar-refractivity contribution is 6.35. The Morgan fingerprint density at radius 1 is 1.20 bits per heavy atom. The monoisotopic (exact) mass is 276 g/mol. The molecule has 0 aromatic heterocycles. The van der Waals surface area contributed by atoms with Gasteiger partial charge in [-0.2, -0.15) is 0 Å². The zero-order chi connectivity index (χ0) is 15.3. The van der Waals surface area contributed by atoms with Crippen molar-refractivity contribution in [2.24, 2.45) is 0 Å². The first-order valence-corrected chi connectivity index (χ1v) is 6.94. The molecule has 0 saturated carbocycles. The molecule has 0 aliphatic heterocycles. The molecule has 4 nitrogen and oxygen atoms in total. The van der Waals surface area contributed by atoms with Crippen LogP contribution in [-0.4, -0.2) is 28.8 Å². The number of hydrogen-bond donors (Lipinski definition) is 1. The second-order valence-electron chi connectivity index (χ2n) is 5.83. The predicted octanol–water partition coefficient (Wildman–Crippen LogP) is 2.51. The summed E-state index contributed by atoms with van der Waals surface area (Å²) in [4.78, 5) is 25.8. The molecule has 1 unspecified atom stereocenters. The molecule has 0 bridgehead atoms. The van der Waals surface area contributed by atoms with Crippen LogP contribution in [0, 0.1) is 0 Å². The SMILES string of the molecule is CCN(C(=O)C(=O)NC(C)c1ccccc1)C(C)(C)C. The van der Waals surface area contributed by atoms with E-state index in [4.69, 9.17) is 0 Å². The van der Waals surface area contributed by atoms with Crippen molar-refractivity contribution in [3.05, 3.63) is 35.9 Å². The van der Waals surface area contributed by atoms with E-state index in [1.807, 2.05) is 65.0 Å². The van der Waals surface area contributed by atoms with E-state index < -0.39 is 11.8 Å². The van der Waals surface area contributed by atoms with Crippen molar-refractivity contribution >= 4 is 11.8 Å². The summed E-state index contributed by atoms with van der Waals surface area (Å²) >= 11 is 0. The van der Waals surface area contributed by atoms with Crippen LogP contribution in [0.1, 0.15) is 46.2 Å². The van der Waals surface area contributed by atoms with E-state index in [9.17, 15) is 9.59 Å². The fraction of sp³-hybridized carbons (Fsp3) is 0.500. The van der Waals surface area contributed by atoms with Gasteiger partial charge in [0, 0.05) is 12.1 Å². The molecular weight excluding hydrogens is 252 g/mol. The number of carbonyl (C=O) groups excluding carboxylic acids is 2. The molecule has 110 valence electrons. The van der Waals surface area contributed by atoms with Gasteiger partial charge in [0.05, 0.1) is 6.04 Å². The summed E-state index contributed by atoms with van der Waals surface area (Å²) in [6, 6.07) is 9.40. The molecule has 0 aliphatic carbocycles. The third-order valence-corrected chi connectivity index (χ3v) is 3.21. The zero-order valence-corrected chi connectivity index (χ0v) is 12.9. The first-order chi connectivity index (χ1) is 9.27. The van der Waals surface area contributed by atoms with Crippen molar-refractivity contribution in [1.82, 2.24) is 10.2 Å². The number of rotatable bonds is 3. The fourth-order valence-electron chi connectivity index (χ4n) is 2.13. The highest BCUT2D eigenvalue weighted by atomic mass is 16.2. The minimum atomic E-state index is -0.557. The average molecular weight is 276 g/mol. The Hall–Kier alpha value is -1.84. The predicted molar refractivity (Wildman–Crippen MR) is 80.1 cm³/mol. The molecule has 0 radical (unpaired) electrons. The van der Waals surface area contributed by atoms with Crippen molar-refractivity contribution in [2.75, 3.05) is 6.54 Å². The van der Waals surface area contributed by atoms with E-state index in [1.165, 1.54) is 0 Å². The van der Waals surface area contributed by atoms with Crippen LogP contribution in [0.3, 0.4) is 0 Å². The van der Waals surface area contributed by atoms with Crippen LogP contribution in [-0.2, 0) is 9.59 Å². The minimum absolute atomic E-state index is 0.189. The van der Waals surface area contributed by atoms with Gasteiger partial charge in [0.15, 0.2) is 0 Å². The Labute approximate surface area is 121 Å². The average Bonchev–Trinajstić information content (AvgIpc) is 2.38. The summed E-state index contributed by atoms with van der Waals surface area (Å²) in [6.45, 7) is 10.0. The smallest absolute Gasteiger partial charge is 0.312 e. The van der Waals surface area contributed by atoms with E-state index in [0.717, 1.165) is 5.56 Å². The Morgan fingerprint density at radius 3 is 2.20 bits per heavy atom.